The lowest BCUT2D eigenvalue weighted by atomic mass is 10.2. The summed E-state index contributed by atoms with van der Waals surface area (Å²) in [6.45, 7) is 2.74. The smallest absolute Gasteiger partial charge is 0.218 e. The normalized spacial score (nSPS) is 10.7. The molecule has 0 aliphatic heterocycles. The van der Waals surface area contributed by atoms with Crippen LogP contribution in [-0.2, 0) is 6.54 Å². The number of aromatic nitrogens is 2. The quantitative estimate of drug-likeness (QED) is 0.795. The van der Waals surface area contributed by atoms with Crippen LogP contribution in [0.1, 0.15) is 11.1 Å². The van der Waals surface area contributed by atoms with E-state index in [1.807, 2.05) is 12.1 Å². The minimum Gasteiger partial charge on any atom is -0.481 e. The van der Waals surface area contributed by atoms with Gasteiger partial charge in [-0.05, 0) is 30.7 Å². The second-order valence-corrected chi connectivity index (χ2v) is 5.55. The Bertz CT molecular complexity index is 739. The Morgan fingerprint density at radius 3 is 3.05 bits per heavy atom. The van der Waals surface area contributed by atoms with Crippen LogP contribution in [0.15, 0.2) is 36.5 Å². The lowest BCUT2D eigenvalue weighted by Crippen LogP contribution is -2.02. The summed E-state index contributed by atoms with van der Waals surface area (Å²) < 4.78 is 6.44. The van der Waals surface area contributed by atoms with Crippen molar-refractivity contribution in [3.05, 3.63) is 47.7 Å². The van der Waals surface area contributed by atoms with Crippen LogP contribution in [0.3, 0.4) is 0 Å². The number of nitrogens with zero attached hydrogens (tertiary/aromatic N) is 2. The predicted octanol–water partition coefficient (Wildman–Crippen LogP) is 3.62. The Kier molecular flexibility index (Phi) is 3.52. The molecule has 0 aliphatic rings. The van der Waals surface area contributed by atoms with Gasteiger partial charge in [0.1, 0.15) is 0 Å². The highest BCUT2D eigenvalue weighted by Gasteiger charge is 2.06. The van der Waals surface area contributed by atoms with Gasteiger partial charge in [0, 0.05) is 18.3 Å². The van der Waals surface area contributed by atoms with Crippen molar-refractivity contribution in [2.24, 2.45) is 0 Å². The fourth-order valence-electron chi connectivity index (χ4n) is 2.02. The maximum Gasteiger partial charge on any atom is 0.218 e. The van der Waals surface area contributed by atoms with E-state index in [0.29, 0.717) is 12.4 Å². The van der Waals surface area contributed by atoms with Crippen LogP contribution in [0.4, 0.5) is 5.13 Å². The summed E-state index contributed by atoms with van der Waals surface area (Å²) in [5.74, 6) is 0.650. The van der Waals surface area contributed by atoms with Gasteiger partial charge in [-0.15, -0.1) is 0 Å². The molecular formula is C15H15N3OS. The number of methoxy groups -OCH3 is 1. The van der Waals surface area contributed by atoms with Crippen molar-refractivity contribution in [1.29, 1.82) is 0 Å². The third kappa shape index (κ3) is 2.58. The van der Waals surface area contributed by atoms with Crippen LogP contribution in [0.2, 0.25) is 0 Å². The molecule has 3 aromatic rings. The van der Waals surface area contributed by atoms with Crippen LogP contribution >= 0.6 is 11.3 Å². The van der Waals surface area contributed by atoms with E-state index in [4.69, 9.17) is 4.74 Å². The van der Waals surface area contributed by atoms with E-state index in [1.54, 1.807) is 24.6 Å². The van der Waals surface area contributed by atoms with Crippen molar-refractivity contribution < 1.29 is 4.74 Å². The Labute approximate surface area is 121 Å². The number of thiazole rings is 1. The molecule has 0 bridgehead atoms. The highest BCUT2D eigenvalue weighted by Crippen LogP contribution is 2.27. The zero-order valence-electron chi connectivity index (χ0n) is 11.4. The van der Waals surface area contributed by atoms with Gasteiger partial charge in [0.25, 0.3) is 0 Å². The lowest BCUT2D eigenvalue weighted by molar-refractivity contribution is 0.393. The highest BCUT2D eigenvalue weighted by atomic mass is 32.1. The van der Waals surface area contributed by atoms with Gasteiger partial charge in [0.05, 0.1) is 17.3 Å². The number of nitrogens with one attached hydrogen (secondary N) is 1. The summed E-state index contributed by atoms with van der Waals surface area (Å²) in [5, 5.41) is 4.25. The molecule has 0 saturated heterocycles. The first-order chi connectivity index (χ1) is 9.76. The number of hydrogen-bond donors (Lipinski definition) is 1. The fourth-order valence-corrected chi connectivity index (χ4v) is 2.98. The first-order valence-corrected chi connectivity index (χ1v) is 7.17. The minimum atomic E-state index is 0.649. The van der Waals surface area contributed by atoms with E-state index in [2.05, 4.69) is 40.4 Å². The van der Waals surface area contributed by atoms with E-state index in [9.17, 15) is 0 Å². The molecule has 2 heterocycles. The van der Waals surface area contributed by atoms with Crippen molar-refractivity contribution in [1.82, 2.24) is 9.97 Å². The molecule has 20 heavy (non-hydrogen) atoms. The third-order valence-electron chi connectivity index (χ3n) is 3.02. The molecule has 1 aromatic carbocycles. The average molecular weight is 285 g/mol. The highest BCUT2D eigenvalue weighted by molar-refractivity contribution is 7.22. The summed E-state index contributed by atoms with van der Waals surface area (Å²) >= 11 is 1.66. The SMILES string of the molecule is COc1ncccc1CNc1nc2ccc(C)cc2s1. The number of ether oxygens (including phenoxy) is 1. The predicted molar refractivity (Wildman–Crippen MR) is 82.5 cm³/mol. The summed E-state index contributed by atoms with van der Waals surface area (Å²) in [7, 11) is 1.63. The van der Waals surface area contributed by atoms with Crippen molar-refractivity contribution in [3.8, 4) is 5.88 Å². The molecule has 5 heteroatoms. The molecule has 102 valence electrons. The van der Waals surface area contributed by atoms with Gasteiger partial charge in [-0.3, -0.25) is 0 Å². The Morgan fingerprint density at radius 1 is 1.30 bits per heavy atom. The molecule has 1 N–H and O–H groups in total. The molecule has 0 saturated carbocycles. The van der Waals surface area contributed by atoms with Crippen molar-refractivity contribution in [2.75, 3.05) is 12.4 Å². The number of benzene rings is 1. The molecular weight excluding hydrogens is 270 g/mol. The third-order valence-corrected chi connectivity index (χ3v) is 3.99. The second kappa shape index (κ2) is 5.46. The number of aryl methyl sites for hydroxylation is 1. The molecule has 3 rings (SSSR count). The first kappa shape index (κ1) is 12.9. The van der Waals surface area contributed by atoms with Crippen LogP contribution in [0.25, 0.3) is 10.2 Å². The Balaban J connectivity index is 1.79. The number of anilines is 1. The van der Waals surface area contributed by atoms with Crippen molar-refractivity contribution in [3.63, 3.8) is 0 Å². The van der Waals surface area contributed by atoms with Gasteiger partial charge in [0.2, 0.25) is 5.88 Å². The van der Waals surface area contributed by atoms with Crippen LogP contribution < -0.4 is 10.1 Å². The maximum absolute atomic E-state index is 5.24. The van der Waals surface area contributed by atoms with E-state index in [0.717, 1.165) is 16.2 Å². The van der Waals surface area contributed by atoms with E-state index in [1.165, 1.54) is 10.3 Å². The lowest BCUT2D eigenvalue weighted by Gasteiger charge is -2.06. The monoisotopic (exact) mass is 285 g/mol. The van der Waals surface area contributed by atoms with E-state index < -0.39 is 0 Å². The Morgan fingerprint density at radius 2 is 2.20 bits per heavy atom. The van der Waals surface area contributed by atoms with Crippen LogP contribution in [-0.4, -0.2) is 17.1 Å². The van der Waals surface area contributed by atoms with E-state index >= 15 is 0 Å². The topological polar surface area (TPSA) is 47.0 Å². The van der Waals surface area contributed by atoms with Crippen LogP contribution in [0, 0.1) is 6.92 Å². The number of hydrogen-bond acceptors (Lipinski definition) is 5. The van der Waals surface area contributed by atoms with Gasteiger partial charge in [-0.2, -0.15) is 0 Å². The first-order valence-electron chi connectivity index (χ1n) is 6.35. The molecule has 0 spiro atoms. The van der Waals surface area contributed by atoms with Gasteiger partial charge in [-0.1, -0.05) is 23.5 Å². The molecule has 0 aliphatic carbocycles. The summed E-state index contributed by atoms with van der Waals surface area (Å²) in [5.41, 5.74) is 3.30. The molecule has 0 amide bonds. The summed E-state index contributed by atoms with van der Waals surface area (Å²) in [6.07, 6.45) is 1.72. The second-order valence-electron chi connectivity index (χ2n) is 4.52. The van der Waals surface area contributed by atoms with Gasteiger partial charge in [-0.25, -0.2) is 9.97 Å². The van der Waals surface area contributed by atoms with Crippen molar-refractivity contribution in [2.45, 2.75) is 13.5 Å². The van der Waals surface area contributed by atoms with Crippen LogP contribution in [0.5, 0.6) is 5.88 Å². The molecule has 0 unspecified atom stereocenters. The molecule has 0 radical (unpaired) electrons. The number of rotatable bonds is 4. The largest absolute Gasteiger partial charge is 0.481 e. The zero-order chi connectivity index (χ0) is 13.9. The van der Waals surface area contributed by atoms with Crippen molar-refractivity contribution >= 4 is 26.7 Å². The number of pyridine rings is 1. The molecule has 0 atom stereocenters. The molecule has 4 nitrogen and oxygen atoms in total. The molecule has 0 fully saturated rings. The van der Waals surface area contributed by atoms with Gasteiger partial charge >= 0.3 is 0 Å². The fraction of sp³-hybridized carbons (Fsp3) is 0.200. The zero-order valence-corrected chi connectivity index (χ0v) is 12.2. The Hall–Kier alpha value is -2.14. The average Bonchev–Trinajstić information content (AvgIpc) is 2.87. The standard InChI is InChI=1S/C15H15N3OS/c1-10-5-6-12-13(8-10)20-15(18-12)17-9-11-4-3-7-16-14(11)19-2/h3-8H,9H2,1-2H3,(H,17,18). The maximum atomic E-state index is 5.24. The van der Waals surface area contributed by atoms with E-state index in [-0.39, 0.29) is 0 Å². The minimum absolute atomic E-state index is 0.649. The number of fused-ring (bicyclic) bond motifs is 1. The van der Waals surface area contributed by atoms with Gasteiger partial charge < -0.3 is 10.1 Å². The molecule has 2 aromatic heterocycles. The summed E-state index contributed by atoms with van der Waals surface area (Å²) in [4.78, 5) is 8.76. The van der Waals surface area contributed by atoms with Gasteiger partial charge in [0.15, 0.2) is 5.13 Å². The summed E-state index contributed by atoms with van der Waals surface area (Å²) in [6, 6.07) is 10.2.